The maximum atomic E-state index is 12.9. The number of aliphatic hydroxyl groups is 1. The molecule has 1 atom stereocenters. The molecule has 0 radical (unpaired) electrons. The van der Waals surface area contributed by atoms with Gasteiger partial charge in [0.15, 0.2) is 6.29 Å². The van der Waals surface area contributed by atoms with Gasteiger partial charge in [-0.05, 0) is 18.2 Å². The van der Waals surface area contributed by atoms with Crippen molar-refractivity contribution in [1.29, 1.82) is 0 Å². The van der Waals surface area contributed by atoms with Crippen molar-refractivity contribution in [3.63, 3.8) is 0 Å². The fourth-order valence-corrected chi connectivity index (χ4v) is 2.22. The fraction of sp³-hybridized carbons (Fsp3) is 0.462. The Labute approximate surface area is 113 Å². The van der Waals surface area contributed by atoms with E-state index in [-0.39, 0.29) is 25.5 Å². The first kappa shape index (κ1) is 14.8. The number of ether oxygens (including phenoxy) is 1. The lowest BCUT2D eigenvalue weighted by Gasteiger charge is -2.36. The summed E-state index contributed by atoms with van der Waals surface area (Å²) in [5.41, 5.74) is -1.03. The number of nitrogens with zero attached hydrogens (tertiary/aromatic N) is 1. The fourth-order valence-electron chi connectivity index (χ4n) is 2.22. The molecule has 1 aliphatic heterocycles. The summed E-state index contributed by atoms with van der Waals surface area (Å²) < 4.78 is 43.9. The van der Waals surface area contributed by atoms with Crippen molar-refractivity contribution in [2.24, 2.45) is 0 Å². The van der Waals surface area contributed by atoms with Crippen molar-refractivity contribution in [3.8, 4) is 0 Å². The minimum absolute atomic E-state index is 0.190. The SMILES string of the molecule is O=Cc1ccc(N2CCOCC2CO)cc1C(F)(F)F. The molecule has 7 heteroatoms. The van der Waals surface area contributed by atoms with Gasteiger partial charge >= 0.3 is 6.18 Å². The van der Waals surface area contributed by atoms with Crippen LogP contribution in [0, 0.1) is 0 Å². The molecular formula is C13H14F3NO3. The van der Waals surface area contributed by atoms with E-state index in [9.17, 15) is 23.1 Å². The number of alkyl halides is 3. The second-order valence-corrected chi connectivity index (χ2v) is 4.49. The van der Waals surface area contributed by atoms with Crippen molar-refractivity contribution in [2.75, 3.05) is 31.3 Å². The van der Waals surface area contributed by atoms with E-state index >= 15 is 0 Å². The van der Waals surface area contributed by atoms with E-state index in [1.807, 2.05) is 0 Å². The molecule has 1 heterocycles. The number of anilines is 1. The first-order valence-electron chi connectivity index (χ1n) is 6.09. The molecule has 0 amide bonds. The Bertz CT molecular complexity index is 490. The van der Waals surface area contributed by atoms with Gasteiger partial charge in [0.05, 0.1) is 31.4 Å². The summed E-state index contributed by atoms with van der Waals surface area (Å²) in [6.07, 6.45) is -4.40. The van der Waals surface area contributed by atoms with Gasteiger partial charge in [0.25, 0.3) is 0 Å². The van der Waals surface area contributed by atoms with Crippen LogP contribution in [0.4, 0.5) is 18.9 Å². The Kier molecular flexibility index (Phi) is 4.29. The zero-order valence-corrected chi connectivity index (χ0v) is 10.6. The molecule has 0 saturated carbocycles. The Balaban J connectivity index is 2.39. The van der Waals surface area contributed by atoms with E-state index in [1.54, 1.807) is 4.90 Å². The Morgan fingerprint density at radius 2 is 2.20 bits per heavy atom. The van der Waals surface area contributed by atoms with Crippen molar-refractivity contribution >= 4 is 12.0 Å². The summed E-state index contributed by atoms with van der Waals surface area (Å²) in [6.45, 7) is 0.820. The number of aliphatic hydroxyl groups excluding tert-OH is 1. The van der Waals surface area contributed by atoms with Crippen LogP contribution in [0.3, 0.4) is 0 Å². The second kappa shape index (κ2) is 5.80. The zero-order chi connectivity index (χ0) is 14.8. The zero-order valence-electron chi connectivity index (χ0n) is 10.6. The number of aldehydes is 1. The molecule has 1 N–H and O–H groups in total. The van der Waals surface area contributed by atoms with Crippen LogP contribution in [-0.4, -0.2) is 43.8 Å². The van der Waals surface area contributed by atoms with Crippen LogP contribution in [0.2, 0.25) is 0 Å². The summed E-state index contributed by atoms with van der Waals surface area (Å²) in [7, 11) is 0. The van der Waals surface area contributed by atoms with Gasteiger partial charge < -0.3 is 14.7 Å². The molecule has 0 aliphatic carbocycles. The van der Waals surface area contributed by atoms with Crippen LogP contribution in [0.5, 0.6) is 0 Å². The number of hydrogen-bond acceptors (Lipinski definition) is 4. The van der Waals surface area contributed by atoms with Gasteiger partial charge in [0, 0.05) is 17.8 Å². The topological polar surface area (TPSA) is 49.8 Å². The van der Waals surface area contributed by atoms with Crippen molar-refractivity contribution in [1.82, 2.24) is 0 Å². The van der Waals surface area contributed by atoms with Crippen molar-refractivity contribution in [3.05, 3.63) is 29.3 Å². The molecular weight excluding hydrogens is 275 g/mol. The quantitative estimate of drug-likeness (QED) is 0.861. The van der Waals surface area contributed by atoms with Gasteiger partial charge in [-0.25, -0.2) is 0 Å². The third-order valence-electron chi connectivity index (χ3n) is 3.24. The lowest BCUT2D eigenvalue weighted by Crippen LogP contribution is -2.47. The Morgan fingerprint density at radius 3 is 2.80 bits per heavy atom. The van der Waals surface area contributed by atoms with E-state index in [0.717, 1.165) is 12.1 Å². The molecule has 0 aromatic heterocycles. The number of benzene rings is 1. The average Bonchev–Trinajstić information content (AvgIpc) is 2.45. The molecule has 0 spiro atoms. The third-order valence-corrected chi connectivity index (χ3v) is 3.24. The molecule has 20 heavy (non-hydrogen) atoms. The summed E-state index contributed by atoms with van der Waals surface area (Å²) >= 11 is 0. The molecule has 2 rings (SSSR count). The molecule has 1 aromatic rings. The summed E-state index contributed by atoms with van der Waals surface area (Å²) in [5.74, 6) is 0. The van der Waals surface area contributed by atoms with Gasteiger partial charge in [-0.2, -0.15) is 13.2 Å². The number of carbonyl (C=O) groups is 1. The number of rotatable bonds is 3. The molecule has 0 bridgehead atoms. The molecule has 4 nitrogen and oxygen atoms in total. The minimum Gasteiger partial charge on any atom is -0.394 e. The standard InChI is InChI=1S/C13H14F3NO3/c14-13(15,16)12-5-10(2-1-9(12)6-18)17-3-4-20-8-11(17)7-19/h1-2,5-6,11,19H,3-4,7-8H2. The number of halogens is 3. The maximum absolute atomic E-state index is 12.9. The highest BCUT2D eigenvalue weighted by Crippen LogP contribution is 2.34. The predicted molar refractivity (Wildman–Crippen MR) is 65.9 cm³/mol. The van der Waals surface area contributed by atoms with Crippen LogP contribution in [0.25, 0.3) is 0 Å². The first-order chi connectivity index (χ1) is 9.47. The normalized spacial score (nSPS) is 20.0. The maximum Gasteiger partial charge on any atom is 0.417 e. The highest BCUT2D eigenvalue weighted by Gasteiger charge is 2.34. The van der Waals surface area contributed by atoms with Crippen LogP contribution < -0.4 is 4.90 Å². The van der Waals surface area contributed by atoms with E-state index in [0.29, 0.717) is 18.8 Å². The smallest absolute Gasteiger partial charge is 0.394 e. The summed E-state index contributed by atoms with van der Waals surface area (Å²) in [4.78, 5) is 12.4. The second-order valence-electron chi connectivity index (χ2n) is 4.49. The van der Waals surface area contributed by atoms with E-state index in [1.165, 1.54) is 6.07 Å². The van der Waals surface area contributed by atoms with E-state index < -0.39 is 17.3 Å². The summed E-state index contributed by atoms with van der Waals surface area (Å²) in [6, 6.07) is 3.16. The van der Waals surface area contributed by atoms with Crippen LogP contribution in [-0.2, 0) is 10.9 Å². The molecule has 110 valence electrons. The highest BCUT2D eigenvalue weighted by molar-refractivity contribution is 5.79. The third kappa shape index (κ3) is 2.94. The number of carbonyl (C=O) groups excluding carboxylic acids is 1. The van der Waals surface area contributed by atoms with Gasteiger partial charge in [-0.1, -0.05) is 0 Å². The molecule has 1 aromatic carbocycles. The molecule has 1 unspecified atom stereocenters. The largest absolute Gasteiger partial charge is 0.417 e. The van der Waals surface area contributed by atoms with E-state index in [4.69, 9.17) is 4.74 Å². The van der Waals surface area contributed by atoms with Gasteiger partial charge in [-0.15, -0.1) is 0 Å². The van der Waals surface area contributed by atoms with Gasteiger partial charge in [-0.3, -0.25) is 4.79 Å². The lowest BCUT2D eigenvalue weighted by atomic mass is 10.1. The first-order valence-corrected chi connectivity index (χ1v) is 6.09. The molecule has 1 aliphatic rings. The van der Waals surface area contributed by atoms with E-state index in [2.05, 4.69) is 0 Å². The van der Waals surface area contributed by atoms with Crippen molar-refractivity contribution < 1.29 is 27.8 Å². The van der Waals surface area contributed by atoms with Crippen LogP contribution in [0.15, 0.2) is 18.2 Å². The molecule has 1 fully saturated rings. The summed E-state index contributed by atoms with van der Waals surface area (Å²) in [5, 5.41) is 9.25. The predicted octanol–water partition coefficient (Wildman–Crippen LogP) is 1.72. The Hall–Kier alpha value is -1.60. The van der Waals surface area contributed by atoms with Crippen LogP contribution >= 0.6 is 0 Å². The monoisotopic (exact) mass is 289 g/mol. The average molecular weight is 289 g/mol. The van der Waals surface area contributed by atoms with Crippen LogP contribution in [0.1, 0.15) is 15.9 Å². The lowest BCUT2D eigenvalue weighted by molar-refractivity contribution is -0.137. The highest BCUT2D eigenvalue weighted by atomic mass is 19.4. The van der Waals surface area contributed by atoms with Gasteiger partial charge in [0.1, 0.15) is 0 Å². The van der Waals surface area contributed by atoms with Gasteiger partial charge in [0.2, 0.25) is 0 Å². The number of morpholine rings is 1. The molecule has 1 saturated heterocycles. The minimum atomic E-state index is -4.59. The Morgan fingerprint density at radius 1 is 1.45 bits per heavy atom. The number of hydrogen-bond donors (Lipinski definition) is 1. The van der Waals surface area contributed by atoms with Crippen molar-refractivity contribution in [2.45, 2.75) is 12.2 Å².